The fraction of sp³-hybridized carbons (Fsp3) is 0.500. The van der Waals surface area contributed by atoms with E-state index in [0.717, 1.165) is 50.7 Å². The lowest BCUT2D eigenvalue weighted by atomic mass is 10.1. The highest BCUT2D eigenvalue weighted by Gasteiger charge is 2.10. The van der Waals surface area contributed by atoms with E-state index < -0.39 is 0 Å². The van der Waals surface area contributed by atoms with Crippen molar-refractivity contribution < 1.29 is 4.74 Å². The predicted octanol–water partition coefficient (Wildman–Crippen LogP) is 0.514. The number of hydrogen-bond donors (Lipinski definition) is 2. The number of hydrogen-bond acceptors (Lipinski definition) is 5. The largest absolute Gasteiger partial charge is 0.379 e. The molecule has 0 bridgehead atoms. The Kier molecular flexibility index (Phi) is 6.04. The molecule has 1 aromatic heterocycles. The smallest absolute Gasteiger partial charge is 0.184 e. The first-order chi connectivity index (χ1) is 10.1. The van der Waals surface area contributed by atoms with E-state index in [2.05, 4.69) is 26.5 Å². The van der Waals surface area contributed by atoms with Crippen molar-refractivity contribution >= 4 is 23.0 Å². The number of aromatic nitrogens is 1. The van der Waals surface area contributed by atoms with Crippen molar-refractivity contribution in [2.75, 3.05) is 32.8 Å². The van der Waals surface area contributed by atoms with Crippen LogP contribution in [-0.2, 0) is 11.2 Å². The normalized spacial score (nSPS) is 16.7. The van der Waals surface area contributed by atoms with Gasteiger partial charge in [0.1, 0.15) is 0 Å². The first kappa shape index (κ1) is 15.8. The van der Waals surface area contributed by atoms with Crippen LogP contribution in [-0.4, -0.2) is 53.6 Å². The summed E-state index contributed by atoms with van der Waals surface area (Å²) in [4.78, 5) is 6.74. The van der Waals surface area contributed by atoms with Crippen LogP contribution in [0.25, 0.3) is 0 Å². The number of nitrogens with two attached hydrogens (primary N) is 1. The third kappa shape index (κ3) is 5.37. The molecule has 1 saturated heterocycles. The molecule has 114 valence electrons. The van der Waals surface area contributed by atoms with Crippen LogP contribution in [0, 0.1) is 0 Å². The summed E-state index contributed by atoms with van der Waals surface area (Å²) in [6.45, 7) is 6.59. The Hall–Kier alpha value is -1.57. The summed E-state index contributed by atoms with van der Waals surface area (Å²) in [7, 11) is 0. The number of morpholine rings is 1. The van der Waals surface area contributed by atoms with Gasteiger partial charge in [0.15, 0.2) is 5.11 Å². The van der Waals surface area contributed by atoms with E-state index in [4.69, 9.17) is 22.7 Å². The van der Waals surface area contributed by atoms with Gasteiger partial charge in [-0.15, -0.1) is 0 Å². The average Bonchev–Trinajstić information content (AvgIpc) is 2.52. The minimum atomic E-state index is 0.151. The molecule has 2 heterocycles. The first-order valence-corrected chi connectivity index (χ1v) is 7.41. The van der Waals surface area contributed by atoms with Gasteiger partial charge in [0.25, 0.3) is 0 Å². The Labute approximate surface area is 130 Å². The van der Waals surface area contributed by atoms with Gasteiger partial charge in [-0.3, -0.25) is 15.3 Å². The molecule has 0 unspecified atom stereocenters. The monoisotopic (exact) mass is 307 g/mol. The van der Waals surface area contributed by atoms with Crippen LogP contribution in [0.5, 0.6) is 0 Å². The second-order valence-corrected chi connectivity index (χ2v) is 5.37. The minimum absolute atomic E-state index is 0.151. The van der Waals surface area contributed by atoms with Crippen molar-refractivity contribution in [3.05, 3.63) is 29.6 Å². The zero-order chi connectivity index (χ0) is 15.1. The Balaban J connectivity index is 1.93. The quantitative estimate of drug-likeness (QED) is 0.469. The van der Waals surface area contributed by atoms with E-state index in [1.165, 1.54) is 5.56 Å². The van der Waals surface area contributed by atoms with Crippen molar-refractivity contribution in [2.45, 2.75) is 13.3 Å². The summed E-state index contributed by atoms with van der Waals surface area (Å²) in [6, 6.07) is 4.10. The predicted molar refractivity (Wildman–Crippen MR) is 87.3 cm³/mol. The highest BCUT2D eigenvalue weighted by atomic mass is 32.1. The van der Waals surface area contributed by atoms with Crippen LogP contribution in [0.15, 0.2) is 23.4 Å². The summed E-state index contributed by atoms with van der Waals surface area (Å²) < 4.78 is 5.35. The maximum Gasteiger partial charge on any atom is 0.184 e. The number of rotatable bonds is 5. The molecule has 0 aliphatic carbocycles. The maximum absolute atomic E-state index is 5.36. The van der Waals surface area contributed by atoms with Gasteiger partial charge in [-0.25, -0.2) is 0 Å². The molecule has 3 N–H and O–H groups in total. The first-order valence-electron chi connectivity index (χ1n) is 7.00. The topological polar surface area (TPSA) is 75.8 Å². The van der Waals surface area contributed by atoms with Crippen molar-refractivity contribution in [1.82, 2.24) is 15.3 Å². The summed E-state index contributed by atoms with van der Waals surface area (Å²) >= 11 is 4.73. The fourth-order valence-electron chi connectivity index (χ4n) is 2.14. The Morgan fingerprint density at radius 3 is 3.00 bits per heavy atom. The van der Waals surface area contributed by atoms with Crippen LogP contribution in [0.3, 0.4) is 0 Å². The molecular weight excluding hydrogens is 286 g/mol. The standard InChI is InChI=1S/C14H21N5OS/c1-11(17-18-14(15)21)13-10-12(2-4-16-13)3-5-19-6-8-20-9-7-19/h2,4,10H,3,5-9H2,1H3,(H3,15,18,21). The maximum atomic E-state index is 5.36. The SMILES string of the molecule is CC(=NNC(N)=S)c1cc(CCN2CCOCC2)ccn1. The summed E-state index contributed by atoms with van der Waals surface area (Å²) in [6.07, 6.45) is 2.80. The fourth-order valence-corrected chi connectivity index (χ4v) is 2.18. The van der Waals surface area contributed by atoms with E-state index in [-0.39, 0.29) is 5.11 Å². The highest BCUT2D eigenvalue weighted by Crippen LogP contribution is 2.06. The van der Waals surface area contributed by atoms with Crippen molar-refractivity contribution in [2.24, 2.45) is 10.8 Å². The highest BCUT2D eigenvalue weighted by molar-refractivity contribution is 7.80. The molecule has 0 spiro atoms. The van der Waals surface area contributed by atoms with E-state index in [0.29, 0.717) is 0 Å². The van der Waals surface area contributed by atoms with Crippen LogP contribution in [0.1, 0.15) is 18.2 Å². The number of thiocarbonyl (C=S) groups is 1. The molecule has 21 heavy (non-hydrogen) atoms. The molecule has 1 fully saturated rings. The Bertz CT molecular complexity index is 514. The van der Waals surface area contributed by atoms with Crippen molar-refractivity contribution in [1.29, 1.82) is 0 Å². The average molecular weight is 307 g/mol. The van der Waals surface area contributed by atoms with Crippen LogP contribution in [0.4, 0.5) is 0 Å². The van der Waals surface area contributed by atoms with Gasteiger partial charge in [-0.1, -0.05) is 0 Å². The second-order valence-electron chi connectivity index (χ2n) is 4.93. The minimum Gasteiger partial charge on any atom is -0.379 e. The Morgan fingerprint density at radius 2 is 2.29 bits per heavy atom. The van der Waals surface area contributed by atoms with E-state index >= 15 is 0 Å². The molecular formula is C14H21N5OS. The van der Waals surface area contributed by atoms with Gasteiger partial charge in [-0.2, -0.15) is 5.10 Å². The van der Waals surface area contributed by atoms with Gasteiger partial charge in [0.2, 0.25) is 0 Å². The summed E-state index contributed by atoms with van der Waals surface area (Å²) in [5, 5.41) is 4.25. The molecule has 0 amide bonds. The van der Waals surface area contributed by atoms with Crippen LogP contribution < -0.4 is 11.2 Å². The van der Waals surface area contributed by atoms with E-state index in [1.807, 2.05) is 19.2 Å². The molecule has 7 heteroatoms. The van der Waals surface area contributed by atoms with Crippen molar-refractivity contribution in [3.8, 4) is 0 Å². The van der Waals surface area contributed by atoms with Gasteiger partial charge < -0.3 is 10.5 Å². The summed E-state index contributed by atoms with van der Waals surface area (Å²) in [5.41, 5.74) is 10.8. The number of hydrazone groups is 1. The number of nitrogens with one attached hydrogen (secondary N) is 1. The molecule has 1 aliphatic heterocycles. The third-order valence-corrected chi connectivity index (χ3v) is 3.44. The number of nitrogens with zero attached hydrogens (tertiary/aromatic N) is 3. The number of pyridine rings is 1. The molecule has 2 rings (SSSR count). The molecule has 0 saturated carbocycles. The lowest BCUT2D eigenvalue weighted by Crippen LogP contribution is -2.37. The van der Waals surface area contributed by atoms with Gasteiger partial charge in [0, 0.05) is 25.8 Å². The molecule has 0 aromatic carbocycles. The zero-order valence-electron chi connectivity index (χ0n) is 12.2. The summed E-state index contributed by atoms with van der Waals surface area (Å²) in [5.74, 6) is 0. The number of ether oxygens (including phenoxy) is 1. The molecule has 1 aromatic rings. The van der Waals surface area contributed by atoms with Crippen molar-refractivity contribution in [3.63, 3.8) is 0 Å². The Morgan fingerprint density at radius 1 is 1.52 bits per heavy atom. The zero-order valence-corrected chi connectivity index (χ0v) is 13.0. The lowest BCUT2D eigenvalue weighted by molar-refractivity contribution is 0.0384. The molecule has 1 aliphatic rings. The van der Waals surface area contributed by atoms with Gasteiger partial charge in [0.05, 0.1) is 24.6 Å². The third-order valence-electron chi connectivity index (χ3n) is 3.35. The second kappa shape index (κ2) is 8.02. The van der Waals surface area contributed by atoms with Gasteiger partial charge in [-0.05, 0) is 43.3 Å². The molecule has 0 radical (unpaired) electrons. The lowest BCUT2D eigenvalue weighted by Gasteiger charge is -2.26. The van der Waals surface area contributed by atoms with Crippen LogP contribution in [0.2, 0.25) is 0 Å². The van der Waals surface area contributed by atoms with E-state index in [1.54, 1.807) is 0 Å². The molecule has 0 atom stereocenters. The van der Waals surface area contributed by atoms with E-state index in [9.17, 15) is 0 Å². The van der Waals surface area contributed by atoms with Gasteiger partial charge >= 0.3 is 0 Å². The molecule has 6 nitrogen and oxygen atoms in total. The van der Waals surface area contributed by atoms with Crippen LogP contribution >= 0.6 is 12.2 Å².